The van der Waals surface area contributed by atoms with Gasteiger partial charge in [0.1, 0.15) is 5.75 Å². The molecule has 94 valence electrons. The average molecular weight is 281 g/mol. The van der Waals surface area contributed by atoms with Gasteiger partial charge in [0, 0.05) is 9.90 Å². The number of ketones is 1. The van der Waals surface area contributed by atoms with Crippen LogP contribution in [0.5, 0.6) is 5.75 Å². The quantitative estimate of drug-likeness (QED) is 0.786. The molecule has 0 unspecified atom stereocenters. The van der Waals surface area contributed by atoms with Gasteiger partial charge in [0.25, 0.3) is 0 Å². The van der Waals surface area contributed by atoms with Crippen LogP contribution in [0.15, 0.2) is 24.3 Å². The van der Waals surface area contributed by atoms with Crippen LogP contribution in [0.25, 0.3) is 0 Å². The first-order valence-electron chi connectivity index (χ1n) is 5.48. The van der Waals surface area contributed by atoms with Gasteiger partial charge < -0.3 is 4.74 Å². The molecule has 0 atom stereocenters. The number of rotatable bonds is 3. The van der Waals surface area contributed by atoms with Gasteiger partial charge in [-0.25, -0.2) is 0 Å². The van der Waals surface area contributed by atoms with E-state index in [1.807, 2.05) is 19.9 Å². The Balaban J connectivity index is 2.51. The molecule has 0 saturated heterocycles. The van der Waals surface area contributed by atoms with Crippen LogP contribution in [0, 0.1) is 13.8 Å². The van der Waals surface area contributed by atoms with E-state index in [4.69, 9.17) is 16.3 Å². The molecule has 0 spiro atoms. The van der Waals surface area contributed by atoms with E-state index >= 15 is 0 Å². The molecule has 1 aromatic heterocycles. The second-order valence-electron chi connectivity index (χ2n) is 4.04. The summed E-state index contributed by atoms with van der Waals surface area (Å²) in [6, 6.07) is 7.08. The molecular weight excluding hydrogens is 268 g/mol. The smallest absolute Gasteiger partial charge is 0.206 e. The zero-order valence-electron chi connectivity index (χ0n) is 10.4. The molecule has 0 bridgehead atoms. The Kier molecular flexibility index (Phi) is 3.73. The van der Waals surface area contributed by atoms with Crippen LogP contribution in [0.3, 0.4) is 0 Å². The minimum atomic E-state index is -0.0371. The average Bonchev–Trinajstić information content (AvgIpc) is 2.67. The van der Waals surface area contributed by atoms with Crippen LogP contribution in [0.1, 0.15) is 25.7 Å². The van der Waals surface area contributed by atoms with Gasteiger partial charge in [0.2, 0.25) is 5.78 Å². The fourth-order valence-electron chi connectivity index (χ4n) is 1.85. The summed E-state index contributed by atoms with van der Waals surface area (Å²) in [7, 11) is 1.55. The molecule has 0 fully saturated rings. The van der Waals surface area contributed by atoms with Crippen molar-refractivity contribution < 1.29 is 9.53 Å². The maximum absolute atomic E-state index is 12.5. The van der Waals surface area contributed by atoms with Gasteiger partial charge in [-0.2, -0.15) is 0 Å². The van der Waals surface area contributed by atoms with Crippen LogP contribution in [-0.2, 0) is 0 Å². The molecule has 1 heterocycles. The molecule has 0 N–H and O–H groups in total. The minimum absolute atomic E-state index is 0.0371. The third-order valence-corrected chi connectivity index (χ3v) is 4.04. The normalized spacial score (nSPS) is 10.4. The van der Waals surface area contributed by atoms with Gasteiger partial charge in [0.05, 0.1) is 17.6 Å². The second-order valence-corrected chi connectivity index (χ2v) is 5.74. The van der Waals surface area contributed by atoms with Crippen LogP contribution in [-0.4, -0.2) is 12.9 Å². The van der Waals surface area contributed by atoms with E-state index < -0.39 is 0 Å². The van der Waals surface area contributed by atoms with Gasteiger partial charge in [-0.1, -0.05) is 11.6 Å². The zero-order valence-corrected chi connectivity index (χ0v) is 12.0. The van der Waals surface area contributed by atoms with E-state index in [0.29, 0.717) is 16.3 Å². The predicted molar refractivity (Wildman–Crippen MR) is 75.2 cm³/mol. The number of carbonyl (C=O) groups excluding carboxylic acids is 1. The second kappa shape index (κ2) is 5.12. The highest BCUT2D eigenvalue weighted by Gasteiger charge is 2.18. The standard InChI is InChI=1S/C14H13ClO2S/c1-8-6-9(2)18-14(8)13(16)11-7-10(15)4-5-12(11)17-3/h4-7H,1-3H3. The molecule has 2 rings (SSSR count). The molecule has 18 heavy (non-hydrogen) atoms. The summed E-state index contributed by atoms with van der Waals surface area (Å²) in [6.45, 7) is 3.93. The topological polar surface area (TPSA) is 26.3 Å². The molecule has 0 aliphatic rings. The Hall–Kier alpha value is -1.32. The van der Waals surface area contributed by atoms with Gasteiger partial charge in [-0.3, -0.25) is 4.79 Å². The Morgan fingerprint density at radius 1 is 1.28 bits per heavy atom. The van der Waals surface area contributed by atoms with Crippen molar-refractivity contribution in [3.8, 4) is 5.75 Å². The van der Waals surface area contributed by atoms with Crippen LogP contribution in [0.4, 0.5) is 0 Å². The van der Waals surface area contributed by atoms with Crippen LogP contribution >= 0.6 is 22.9 Å². The molecule has 2 nitrogen and oxygen atoms in total. The minimum Gasteiger partial charge on any atom is -0.496 e. The summed E-state index contributed by atoms with van der Waals surface area (Å²) in [5.74, 6) is 0.514. The van der Waals surface area contributed by atoms with E-state index in [-0.39, 0.29) is 5.78 Å². The monoisotopic (exact) mass is 280 g/mol. The van der Waals surface area contributed by atoms with Crippen LogP contribution < -0.4 is 4.74 Å². The first-order valence-corrected chi connectivity index (χ1v) is 6.67. The van der Waals surface area contributed by atoms with Crippen molar-refractivity contribution >= 4 is 28.7 Å². The van der Waals surface area contributed by atoms with Crippen molar-refractivity contribution in [3.63, 3.8) is 0 Å². The number of aryl methyl sites for hydroxylation is 2. The van der Waals surface area contributed by atoms with Gasteiger partial charge in [0.15, 0.2) is 0 Å². The molecule has 0 saturated carbocycles. The summed E-state index contributed by atoms with van der Waals surface area (Å²) < 4.78 is 5.21. The van der Waals surface area contributed by atoms with Crippen molar-refractivity contribution in [2.75, 3.05) is 7.11 Å². The summed E-state index contributed by atoms with van der Waals surface area (Å²) in [4.78, 5) is 14.3. The molecule has 0 aliphatic heterocycles. The number of benzene rings is 1. The number of hydrogen-bond donors (Lipinski definition) is 0. The Morgan fingerprint density at radius 2 is 2.00 bits per heavy atom. The van der Waals surface area contributed by atoms with E-state index in [1.54, 1.807) is 25.3 Å². The molecule has 4 heteroatoms. The number of hydrogen-bond acceptors (Lipinski definition) is 3. The molecule has 2 aromatic rings. The number of halogens is 1. The molecule has 0 aliphatic carbocycles. The summed E-state index contributed by atoms with van der Waals surface area (Å²) in [5.41, 5.74) is 1.50. The SMILES string of the molecule is COc1ccc(Cl)cc1C(=O)c1sc(C)cc1C. The van der Waals surface area contributed by atoms with Crippen molar-refractivity contribution in [1.29, 1.82) is 0 Å². The fourth-order valence-corrected chi connectivity index (χ4v) is 3.00. The maximum Gasteiger partial charge on any atom is 0.206 e. The Labute approximate surface area is 115 Å². The van der Waals surface area contributed by atoms with Gasteiger partial charge in [-0.05, 0) is 43.7 Å². The molecular formula is C14H13ClO2S. The molecule has 0 radical (unpaired) electrons. The lowest BCUT2D eigenvalue weighted by atomic mass is 10.1. The summed E-state index contributed by atoms with van der Waals surface area (Å²) >= 11 is 7.44. The lowest BCUT2D eigenvalue weighted by Gasteiger charge is -2.07. The predicted octanol–water partition coefficient (Wildman–Crippen LogP) is 4.26. The third kappa shape index (κ3) is 2.42. The zero-order chi connectivity index (χ0) is 13.3. The van der Waals surface area contributed by atoms with Crippen molar-refractivity contribution in [2.45, 2.75) is 13.8 Å². The lowest BCUT2D eigenvalue weighted by molar-refractivity contribution is 0.103. The van der Waals surface area contributed by atoms with E-state index in [1.165, 1.54) is 11.3 Å². The number of carbonyl (C=O) groups is 1. The summed E-state index contributed by atoms with van der Waals surface area (Å²) in [6.07, 6.45) is 0. The van der Waals surface area contributed by atoms with E-state index in [2.05, 4.69) is 0 Å². The number of methoxy groups -OCH3 is 1. The first-order chi connectivity index (χ1) is 8.52. The first kappa shape index (κ1) is 13.1. The van der Waals surface area contributed by atoms with E-state index in [9.17, 15) is 4.79 Å². The molecule has 1 aromatic carbocycles. The maximum atomic E-state index is 12.5. The van der Waals surface area contributed by atoms with Crippen molar-refractivity contribution in [1.82, 2.24) is 0 Å². The van der Waals surface area contributed by atoms with Gasteiger partial charge >= 0.3 is 0 Å². The molecule has 0 amide bonds. The highest BCUT2D eigenvalue weighted by atomic mass is 35.5. The van der Waals surface area contributed by atoms with Crippen LogP contribution in [0.2, 0.25) is 5.02 Å². The van der Waals surface area contributed by atoms with E-state index in [0.717, 1.165) is 15.3 Å². The Bertz CT molecular complexity index is 602. The van der Waals surface area contributed by atoms with Gasteiger partial charge in [-0.15, -0.1) is 11.3 Å². The largest absolute Gasteiger partial charge is 0.496 e. The third-order valence-electron chi connectivity index (χ3n) is 2.65. The highest BCUT2D eigenvalue weighted by molar-refractivity contribution is 7.14. The number of thiophene rings is 1. The number of ether oxygens (including phenoxy) is 1. The van der Waals surface area contributed by atoms with Crippen molar-refractivity contribution in [2.24, 2.45) is 0 Å². The highest BCUT2D eigenvalue weighted by Crippen LogP contribution is 2.29. The fraction of sp³-hybridized carbons (Fsp3) is 0.214. The Morgan fingerprint density at radius 3 is 2.56 bits per heavy atom. The summed E-state index contributed by atoms with van der Waals surface area (Å²) in [5, 5.41) is 0.532. The lowest BCUT2D eigenvalue weighted by Crippen LogP contribution is -2.03. The van der Waals surface area contributed by atoms with Crippen molar-refractivity contribution in [3.05, 3.63) is 50.2 Å².